The second kappa shape index (κ2) is 7.16. The van der Waals surface area contributed by atoms with Gasteiger partial charge in [-0.1, -0.05) is 30.3 Å². The van der Waals surface area contributed by atoms with Crippen LogP contribution in [0.1, 0.15) is 46.4 Å². The lowest BCUT2D eigenvalue weighted by atomic mass is 9.96. The van der Waals surface area contributed by atoms with Crippen molar-refractivity contribution < 1.29 is 4.68 Å². The average Bonchev–Trinajstić information content (AvgIpc) is 3.39. The van der Waals surface area contributed by atoms with Crippen molar-refractivity contribution in [1.29, 1.82) is 0 Å². The van der Waals surface area contributed by atoms with E-state index < -0.39 is 0 Å². The minimum absolute atomic E-state index is 0.162. The van der Waals surface area contributed by atoms with Crippen molar-refractivity contribution in [1.82, 2.24) is 9.25 Å². The van der Waals surface area contributed by atoms with Crippen molar-refractivity contribution >= 4 is 28.1 Å². The zero-order valence-electron chi connectivity index (χ0n) is 20.2. The summed E-state index contributed by atoms with van der Waals surface area (Å²) in [5.74, 6) is 1.20. The van der Waals surface area contributed by atoms with Crippen molar-refractivity contribution in [2.24, 2.45) is 14.1 Å². The highest BCUT2D eigenvalue weighted by molar-refractivity contribution is 5.85. The van der Waals surface area contributed by atoms with Gasteiger partial charge >= 0.3 is 0 Å². The second-order valence-corrected chi connectivity index (χ2v) is 9.74. The van der Waals surface area contributed by atoms with Gasteiger partial charge in [0.05, 0.1) is 30.0 Å². The number of rotatable bonds is 4. The highest BCUT2D eigenvalue weighted by atomic mass is 15.5. The van der Waals surface area contributed by atoms with Crippen LogP contribution in [0, 0.1) is 0 Å². The van der Waals surface area contributed by atoms with Gasteiger partial charge < -0.3 is 14.4 Å². The molecule has 0 radical (unpaired) electrons. The van der Waals surface area contributed by atoms with E-state index in [-0.39, 0.29) is 11.7 Å². The molecule has 0 N–H and O–H groups in total. The van der Waals surface area contributed by atoms with E-state index in [1.54, 1.807) is 0 Å². The standard InChI is InChI=1S/C27H34N5/c1-19(2)30-17-16-26(29(30)7)31-20(3)32(24-15-11-10-14-23(24)31)27(4,5)25-18-21-12-8-9-13-22(21)28(25)6/h8-20H,1-7H3/q+1/t20-/m1/s1. The molecule has 1 aliphatic heterocycles. The Bertz CT molecular complexity index is 1290. The molecule has 1 aliphatic rings. The van der Waals surface area contributed by atoms with Crippen LogP contribution in [0.25, 0.3) is 10.9 Å². The first kappa shape index (κ1) is 20.7. The van der Waals surface area contributed by atoms with Gasteiger partial charge in [0.15, 0.2) is 18.1 Å². The summed E-state index contributed by atoms with van der Waals surface area (Å²) in [6.07, 6.45) is 2.35. The zero-order valence-corrected chi connectivity index (χ0v) is 20.2. The lowest BCUT2D eigenvalue weighted by Crippen LogP contribution is -2.51. The molecule has 5 heteroatoms. The Labute approximate surface area is 191 Å². The number of aromatic nitrogens is 3. The van der Waals surface area contributed by atoms with Crippen LogP contribution in [-0.4, -0.2) is 15.4 Å². The summed E-state index contributed by atoms with van der Waals surface area (Å²) < 4.78 is 6.90. The van der Waals surface area contributed by atoms with Crippen LogP contribution < -0.4 is 14.5 Å². The van der Waals surface area contributed by atoms with Gasteiger partial charge in [0.1, 0.15) is 6.17 Å². The van der Waals surface area contributed by atoms with E-state index >= 15 is 0 Å². The second-order valence-electron chi connectivity index (χ2n) is 9.74. The monoisotopic (exact) mass is 428 g/mol. The average molecular weight is 429 g/mol. The van der Waals surface area contributed by atoms with Gasteiger partial charge in [-0.3, -0.25) is 0 Å². The molecule has 166 valence electrons. The summed E-state index contributed by atoms with van der Waals surface area (Å²) in [5, 5.41) is 1.29. The van der Waals surface area contributed by atoms with Gasteiger partial charge in [0.2, 0.25) is 0 Å². The molecular weight excluding hydrogens is 394 g/mol. The Morgan fingerprint density at radius 3 is 2.22 bits per heavy atom. The smallest absolute Gasteiger partial charge is 0.198 e. The molecule has 4 aromatic rings. The zero-order chi connectivity index (χ0) is 22.8. The summed E-state index contributed by atoms with van der Waals surface area (Å²) in [4.78, 5) is 5.04. The van der Waals surface area contributed by atoms with E-state index in [1.807, 2.05) is 0 Å². The number of aryl methyl sites for hydroxylation is 1. The first-order valence-corrected chi connectivity index (χ1v) is 11.5. The molecular formula is C27H34N5+. The van der Waals surface area contributed by atoms with Crippen LogP contribution in [0.15, 0.2) is 66.9 Å². The maximum Gasteiger partial charge on any atom is 0.198 e. The van der Waals surface area contributed by atoms with Crippen molar-refractivity contribution in [2.75, 3.05) is 9.80 Å². The van der Waals surface area contributed by atoms with Crippen LogP contribution in [0.3, 0.4) is 0 Å². The Morgan fingerprint density at radius 2 is 1.56 bits per heavy atom. The number of nitrogens with zero attached hydrogens (tertiary/aromatic N) is 5. The molecule has 0 aliphatic carbocycles. The molecule has 0 fully saturated rings. The van der Waals surface area contributed by atoms with E-state index in [0.717, 1.165) is 0 Å². The summed E-state index contributed by atoms with van der Waals surface area (Å²) in [7, 11) is 4.34. The number of benzene rings is 2. The lowest BCUT2D eigenvalue weighted by molar-refractivity contribution is -0.789. The minimum Gasteiger partial charge on any atom is -0.346 e. The number of para-hydroxylation sites is 3. The Kier molecular flexibility index (Phi) is 4.63. The van der Waals surface area contributed by atoms with Gasteiger partial charge in [-0.05, 0) is 64.3 Å². The maximum atomic E-state index is 2.57. The molecule has 0 bridgehead atoms. The predicted octanol–water partition coefficient (Wildman–Crippen LogP) is 5.62. The first-order valence-electron chi connectivity index (χ1n) is 11.5. The molecule has 5 nitrogen and oxygen atoms in total. The van der Waals surface area contributed by atoms with E-state index in [2.05, 4.69) is 139 Å². The minimum atomic E-state index is -0.211. The van der Waals surface area contributed by atoms with E-state index in [4.69, 9.17) is 0 Å². The van der Waals surface area contributed by atoms with Crippen molar-refractivity contribution in [3.8, 4) is 0 Å². The topological polar surface area (TPSA) is 20.2 Å². The van der Waals surface area contributed by atoms with Crippen molar-refractivity contribution in [3.05, 3.63) is 72.6 Å². The number of hydrogen-bond donors (Lipinski definition) is 0. The SMILES string of the molecule is CC(C)[n+]1ccc(N2c3ccccc3N(C(C)(C)c3cc4ccccc4n3C)[C@@H]2C)n1C. The fraction of sp³-hybridized carbons (Fsp3) is 0.370. The van der Waals surface area contributed by atoms with Crippen LogP contribution in [-0.2, 0) is 19.6 Å². The molecule has 1 atom stereocenters. The summed E-state index contributed by atoms with van der Waals surface area (Å²) in [6, 6.07) is 22.4. The highest BCUT2D eigenvalue weighted by Gasteiger charge is 2.44. The number of hydrogen-bond acceptors (Lipinski definition) is 2. The molecule has 32 heavy (non-hydrogen) atoms. The van der Waals surface area contributed by atoms with E-state index in [0.29, 0.717) is 6.04 Å². The third-order valence-electron chi connectivity index (χ3n) is 7.16. The summed E-state index contributed by atoms with van der Waals surface area (Å²) in [5.41, 5.74) is 4.90. The van der Waals surface area contributed by atoms with E-state index in [1.165, 1.54) is 33.8 Å². The third-order valence-corrected chi connectivity index (χ3v) is 7.16. The third kappa shape index (κ3) is 2.80. The van der Waals surface area contributed by atoms with Crippen LogP contribution in [0.2, 0.25) is 0 Å². The fourth-order valence-corrected chi connectivity index (χ4v) is 5.70. The Hall–Kier alpha value is -3.21. The summed E-state index contributed by atoms with van der Waals surface area (Å²) >= 11 is 0. The molecule has 2 aromatic heterocycles. The first-order chi connectivity index (χ1) is 15.2. The quantitative estimate of drug-likeness (QED) is 0.393. The molecule has 2 aromatic carbocycles. The van der Waals surface area contributed by atoms with Gasteiger partial charge in [-0.15, -0.1) is 9.36 Å². The van der Waals surface area contributed by atoms with Gasteiger partial charge in [0.25, 0.3) is 0 Å². The van der Waals surface area contributed by atoms with Gasteiger partial charge in [-0.2, -0.15) is 0 Å². The summed E-state index contributed by atoms with van der Waals surface area (Å²) in [6.45, 7) is 11.5. The molecule has 0 amide bonds. The van der Waals surface area contributed by atoms with Gasteiger partial charge in [0, 0.05) is 18.3 Å². The van der Waals surface area contributed by atoms with Crippen LogP contribution in [0.4, 0.5) is 17.2 Å². The lowest BCUT2D eigenvalue weighted by Gasteiger charge is -2.42. The number of fused-ring (bicyclic) bond motifs is 2. The molecule has 0 unspecified atom stereocenters. The molecule has 3 heterocycles. The van der Waals surface area contributed by atoms with Crippen molar-refractivity contribution in [3.63, 3.8) is 0 Å². The molecule has 0 saturated carbocycles. The Morgan fingerprint density at radius 1 is 0.906 bits per heavy atom. The van der Waals surface area contributed by atoms with E-state index in [9.17, 15) is 0 Å². The van der Waals surface area contributed by atoms with Gasteiger partial charge in [-0.25, -0.2) is 0 Å². The predicted molar refractivity (Wildman–Crippen MR) is 132 cm³/mol. The van der Waals surface area contributed by atoms with Crippen LogP contribution in [0.5, 0.6) is 0 Å². The largest absolute Gasteiger partial charge is 0.346 e. The van der Waals surface area contributed by atoms with Crippen LogP contribution >= 0.6 is 0 Å². The Balaban J connectivity index is 1.66. The molecule has 5 rings (SSSR count). The molecule has 0 saturated heterocycles. The normalized spacial score (nSPS) is 16.4. The maximum absolute atomic E-state index is 2.57. The van der Waals surface area contributed by atoms with Crippen molar-refractivity contribution in [2.45, 2.75) is 52.4 Å². The highest BCUT2D eigenvalue weighted by Crippen LogP contribution is 2.49. The number of anilines is 3. The molecule has 0 spiro atoms. The fourth-order valence-electron chi connectivity index (χ4n) is 5.70.